The maximum Gasteiger partial charge on any atom is 0.138 e. The van der Waals surface area contributed by atoms with Crippen LogP contribution in [0.2, 0.25) is 0 Å². The van der Waals surface area contributed by atoms with E-state index in [0.717, 1.165) is 5.92 Å². The Morgan fingerprint density at radius 2 is 1.82 bits per heavy atom. The van der Waals surface area contributed by atoms with Crippen molar-refractivity contribution in [2.75, 3.05) is 0 Å². The van der Waals surface area contributed by atoms with Crippen LogP contribution in [0.1, 0.15) is 59.8 Å². The van der Waals surface area contributed by atoms with E-state index in [2.05, 4.69) is 32.9 Å². The van der Waals surface area contributed by atoms with Gasteiger partial charge in [0.1, 0.15) is 6.10 Å². The molecule has 1 aliphatic carbocycles. The zero-order valence-corrected chi connectivity index (χ0v) is 11.8. The van der Waals surface area contributed by atoms with Crippen LogP contribution < -0.4 is 0 Å². The van der Waals surface area contributed by atoms with Crippen molar-refractivity contribution in [2.24, 2.45) is 28.8 Å². The molecule has 0 bridgehead atoms. The molecule has 0 aromatic carbocycles. The molecule has 0 saturated heterocycles. The number of hydrogen-bond donors (Lipinski definition) is 0. The Labute approximate surface area is 106 Å². The highest BCUT2D eigenvalue weighted by Gasteiger charge is 2.48. The highest BCUT2D eigenvalue weighted by Crippen LogP contribution is 2.44. The van der Waals surface area contributed by atoms with Crippen LogP contribution in [0, 0.1) is 23.7 Å². The predicted octanol–water partition coefficient (Wildman–Crippen LogP) is 4.25. The third-order valence-corrected chi connectivity index (χ3v) is 4.59. The summed E-state index contributed by atoms with van der Waals surface area (Å²) in [6, 6.07) is 0. The lowest BCUT2D eigenvalue weighted by molar-refractivity contribution is 0.0448. The fraction of sp³-hybridized carbons (Fsp3) is 0.933. The second-order valence-corrected chi connectivity index (χ2v) is 6.08. The smallest absolute Gasteiger partial charge is 0.138 e. The first-order valence-electron chi connectivity index (χ1n) is 7.42. The van der Waals surface area contributed by atoms with Gasteiger partial charge in [0.05, 0.1) is 5.71 Å². The summed E-state index contributed by atoms with van der Waals surface area (Å²) in [7, 11) is 0. The van der Waals surface area contributed by atoms with Gasteiger partial charge in [0, 0.05) is 11.8 Å². The molecule has 1 heterocycles. The molecule has 0 aromatic rings. The molecule has 17 heavy (non-hydrogen) atoms. The van der Waals surface area contributed by atoms with Crippen molar-refractivity contribution in [3.63, 3.8) is 0 Å². The van der Waals surface area contributed by atoms with E-state index in [-0.39, 0.29) is 0 Å². The molecule has 1 saturated carbocycles. The number of rotatable bonds is 5. The van der Waals surface area contributed by atoms with Gasteiger partial charge in [-0.05, 0) is 31.1 Å². The first-order valence-corrected chi connectivity index (χ1v) is 7.42. The highest BCUT2D eigenvalue weighted by molar-refractivity contribution is 5.90. The lowest BCUT2D eigenvalue weighted by Gasteiger charge is -2.21. The summed E-state index contributed by atoms with van der Waals surface area (Å²) < 4.78 is 0. The third-order valence-electron chi connectivity index (χ3n) is 4.59. The SMILES string of the molecule is CCCC(CCC)C1=NO[C@H]2[C@@H]1[C@H](C)C[C@@H]2C. The van der Waals surface area contributed by atoms with Crippen LogP contribution in [-0.4, -0.2) is 11.8 Å². The minimum absolute atomic E-state index is 0.385. The van der Waals surface area contributed by atoms with Crippen LogP contribution in [0.4, 0.5) is 0 Å². The van der Waals surface area contributed by atoms with Crippen LogP contribution in [0.3, 0.4) is 0 Å². The van der Waals surface area contributed by atoms with Gasteiger partial charge in [0.2, 0.25) is 0 Å². The first kappa shape index (κ1) is 12.9. The maximum atomic E-state index is 5.73. The number of hydrogen-bond acceptors (Lipinski definition) is 2. The molecule has 2 rings (SSSR count). The summed E-state index contributed by atoms with van der Waals surface area (Å²) in [5.74, 6) is 2.73. The van der Waals surface area contributed by atoms with Crippen molar-refractivity contribution in [3.8, 4) is 0 Å². The molecule has 98 valence electrons. The summed E-state index contributed by atoms with van der Waals surface area (Å²) in [6.45, 7) is 9.24. The number of nitrogens with zero attached hydrogens (tertiary/aromatic N) is 1. The van der Waals surface area contributed by atoms with Gasteiger partial charge in [0.15, 0.2) is 0 Å². The van der Waals surface area contributed by atoms with Crippen LogP contribution in [0.25, 0.3) is 0 Å². The van der Waals surface area contributed by atoms with Gasteiger partial charge in [-0.3, -0.25) is 0 Å². The molecule has 1 aliphatic heterocycles. The van der Waals surface area contributed by atoms with Crippen LogP contribution >= 0.6 is 0 Å². The minimum Gasteiger partial charge on any atom is -0.392 e. The van der Waals surface area contributed by atoms with Crippen molar-refractivity contribution in [3.05, 3.63) is 0 Å². The molecule has 0 amide bonds. The van der Waals surface area contributed by atoms with E-state index in [4.69, 9.17) is 4.84 Å². The lowest BCUT2D eigenvalue weighted by Crippen LogP contribution is -2.29. The minimum atomic E-state index is 0.385. The van der Waals surface area contributed by atoms with E-state index in [1.54, 1.807) is 0 Å². The van der Waals surface area contributed by atoms with Gasteiger partial charge >= 0.3 is 0 Å². The Balaban J connectivity index is 2.10. The van der Waals surface area contributed by atoms with Gasteiger partial charge in [-0.1, -0.05) is 45.7 Å². The zero-order chi connectivity index (χ0) is 12.4. The molecule has 1 fully saturated rings. The van der Waals surface area contributed by atoms with Crippen molar-refractivity contribution in [1.29, 1.82) is 0 Å². The molecule has 0 radical (unpaired) electrons. The summed E-state index contributed by atoms with van der Waals surface area (Å²) in [4.78, 5) is 5.73. The molecular weight excluding hydrogens is 210 g/mol. The summed E-state index contributed by atoms with van der Waals surface area (Å²) in [5.41, 5.74) is 1.40. The Bertz CT molecular complexity index is 281. The lowest BCUT2D eigenvalue weighted by atomic mass is 9.81. The average molecular weight is 237 g/mol. The quantitative estimate of drug-likeness (QED) is 0.700. The number of fused-ring (bicyclic) bond motifs is 1. The molecular formula is C15H27NO. The molecule has 0 N–H and O–H groups in total. The van der Waals surface area contributed by atoms with Gasteiger partial charge < -0.3 is 4.84 Å². The fourth-order valence-corrected chi connectivity index (χ4v) is 3.84. The summed E-state index contributed by atoms with van der Waals surface area (Å²) >= 11 is 0. The predicted molar refractivity (Wildman–Crippen MR) is 72.0 cm³/mol. The van der Waals surface area contributed by atoms with E-state index in [1.165, 1.54) is 37.8 Å². The van der Waals surface area contributed by atoms with E-state index in [9.17, 15) is 0 Å². The molecule has 0 aromatic heterocycles. The van der Waals surface area contributed by atoms with E-state index in [0.29, 0.717) is 23.9 Å². The maximum absolute atomic E-state index is 5.73. The normalized spacial score (nSPS) is 35.9. The van der Waals surface area contributed by atoms with E-state index >= 15 is 0 Å². The van der Waals surface area contributed by atoms with Gasteiger partial charge in [0.25, 0.3) is 0 Å². The Kier molecular flexibility index (Phi) is 4.11. The molecule has 2 heteroatoms. The van der Waals surface area contributed by atoms with E-state index < -0.39 is 0 Å². The van der Waals surface area contributed by atoms with Gasteiger partial charge in [-0.25, -0.2) is 0 Å². The van der Waals surface area contributed by atoms with E-state index in [1.807, 2.05) is 0 Å². The Morgan fingerprint density at radius 1 is 1.18 bits per heavy atom. The zero-order valence-electron chi connectivity index (χ0n) is 11.8. The average Bonchev–Trinajstić information content (AvgIpc) is 2.82. The molecule has 2 nitrogen and oxygen atoms in total. The second kappa shape index (κ2) is 5.41. The molecule has 0 spiro atoms. The third kappa shape index (κ3) is 2.36. The fourth-order valence-electron chi connectivity index (χ4n) is 3.84. The first-order chi connectivity index (χ1) is 8.19. The van der Waals surface area contributed by atoms with Gasteiger partial charge in [-0.2, -0.15) is 0 Å². The highest BCUT2D eigenvalue weighted by atomic mass is 16.6. The van der Waals surface area contributed by atoms with Crippen molar-refractivity contribution >= 4 is 5.71 Å². The largest absolute Gasteiger partial charge is 0.392 e. The topological polar surface area (TPSA) is 21.6 Å². The standard InChI is InChI=1S/C15H27NO/c1-5-7-12(8-6-2)14-13-10(3)9-11(4)15(13)17-16-14/h10-13,15H,5-9H2,1-4H3/t10-,11+,13-,15-/m1/s1. The second-order valence-electron chi connectivity index (χ2n) is 6.08. The van der Waals surface area contributed by atoms with Crippen LogP contribution in [-0.2, 0) is 4.84 Å². The molecule has 2 aliphatic rings. The molecule has 0 unspecified atom stereocenters. The monoisotopic (exact) mass is 237 g/mol. The van der Waals surface area contributed by atoms with Crippen molar-refractivity contribution < 1.29 is 4.84 Å². The molecule has 4 atom stereocenters. The Hall–Kier alpha value is -0.530. The summed E-state index contributed by atoms with van der Waals surface area (Å²) in [6.07, 6.45) is 6.76. The summed E-state index contributed by atoms with van der Waals surface area (Å²) in [5, 5.41) is 4.48. The van der Waals surface area contributed by atoms with Crippen LogP contribution in [0.5, 0.6) is 0 Å². The Morgan fingerprint density at radius 3 is 2.41 bits per heavy atom. The van der Waals surface area contributed by atoms with Crippen molar-refractivity contribution in [2.45, 2.75) is 65.9 Å². The number of oxime groups is 1. The van der Waals surface area contributed by atoms with Crippen LogP contribution in [0.15, 0.2) is 5.16 Å². The van der Waals surface area contributed by atoms with Gasteiger partial charge in [-0.15, -0.1) is 0 Å². The van der Waals surface area contributed by atoms with Crippen molar-refractivity contribution in [1.82, 2.24) is 0 Å².